The Hall–Kier alpha value is -9.74. The molecule has 2 aromatic carbocycles. The van der Waals surface area contributed by atoms with Crippen LogP contribution in [0.25, 0.3) is 24.3 Å². The lowest BCUT2D eigenvalue weighted by molar-refractivity contribution is 0.166. The minimum atomic E-state index is -0.953. The van der Waals surface area contributed by atoms with Crippen molar-refractivity contribution in [2.24, 2.45) is 20.6 Å². The Morgan fingerprint density at radius 2 is 0.603 bits per heavy atom. The number of pyridine rings is 2. The Kier molecular flexibility index (Phi) is 17.8. The fourth-order valence-corrected chi connectivity index (χ4v) is 9.53. The fraction of sp³-hybridized carbons (Fsp3) is 0.0357. The van der Waals surface area contributed by atoms with Crippen molar-refractivity contribution in [3.8, 4) is 0 Å². The highest BCUT2D eigenvalue weighted by Crippen LogP contribution is 2.23. The van der Waals surface area contributed by atoms with Gasteiger partial charge in [0.1, 0.15) is 22.8 Å². The predicted octanol–water partition coefficient (Wildman–Crippen LogP) is 14.3. The maximum atomic E-state index is 13.4. The Morgan fingerprint density at radius 1 is 0.346 bits per heavy atom. The molecule has 4 N–H and O–H groups in total. The number of oxime groups is 4. The zero-order chi connectivity index (χ0) is 54.1. The first-order valence-electron chi connectivity index (χ1n) is 23.3. The van der Waals surface area contributed by atoms with Crippen LogP contribution in [0.2, 0.25) is 0 Å². The van der Waals surface area contributed by atoms with Gasteiger partial charge in [0.15, 0.2) is 0 Å². The number of carbonyl (C=O) groups is 4. The summed E-state index contributed by atoms with van der Waals surface area (Å²) in [4.78, 5) is 88.6. The van der Waals surface area contributed by atoms with E-state index in [1.54, 1.807) is 123 Å². The number of carbonyl (C=O) groups excluding carboxylic acids is 4. The number of hydrogen-bond donors (Lipinski definition) is 4. The highest BCUT2D eigenvalue weighted by Gasteiger charge is 2.16. The number of allylic oxidation sites excluding steroid dienone is 4. The summed E-state index contributed by atoms with van der Waals surface area (Å²) in [6.07, 6.45) is 9.89. The number of amides is 4. The summed E-state index contributed by atoms with van der Waals surface area (Å²) in [6, 6.07) is 34.9. The number of hydrogen-bond acceptors (Lipinski definition) is 18. The number of anilines is 4. The molecule has 0 spiro atoms. The molecule has 0 unspecified atom stereocenters. The zero-order valence-corrected chi connectivity index (χ0v) is 44.3. The van der Waals surface area contributed by atoms with Crippen LogP contribution in [0.1, 0.15) is 53.4 Å². The molecule has 22 heteroatoms. The maximum Gasteiger partial charge on any atom is 0.437 e. The van der Waals surface area contributed by atoms with E-state index in [2.05, 4.69) is 41.9 Å². The molecule has 388 valence electrons. The molecule has 0 radical (unpaired) electrons. The molecule has 78 heavy (non-hydrogen) atoms. The van der Waals surface area contributed by atoms with Crippen LogP contribution in [0.4, 0.5) is 41.9 Å². The van der Waals surface area contributed by atoms with Crippen LogP contribution in [0, 0.1) is 13.8 Å². The van der Waals surface area contributed by atoms with E-state index < -0.39 is 24.4 Å². The molecular weight excluding hydrogens is 1070 g/mol. The van der Waals surface area contributed by atoms with Crippen molar-refractivity contribution in [3.05, 3.63) is 221 Å². The predicted molar refractivity (Wildman–Crippen MR) is 311 cm³/mol. The van der Waals surface area contributed by atoms with Crippen LogP contribution in [0.3, 0.4) is 0 Å². The van der Waals surface area contributed by atoms with Gasteiger partial charge in [0.2, 0.25) is 0 Å². The number of thiophene rings is 4. The number of fused-ring (bicyclic) bond motifs is 8. The van der Waals surface area contributed by atoms with Gasteiger partial charge in [0.25, 0.3) is 0 Å². The summed E-state index contributed by atoms with van der Waals surface area (Å²) in [5, 5.41) is 35.1. The monoisotopic (exact) mass is 1110 g/mol. The van der Waals surface area contributed by atoms with Crippen molar-refractivity contribution >= 4 is 140 Å². The maximum absolute atomic E-state index is 13.4. The fourth-order valence-electron chi connectivity index (χ4n) is 7.06. The van der Waals surface area contributed by atoms with Gasteiger partial charge < -0.3 is 0 Å². The molecule has 0 saturated carbocycles. The summed E-state index contributed by atoms with van der Waals surface area (Å²) in [6.45, 7) is 3.54. The van der Waals surface area contributed by atoms with Crippen molar-refractivity contribution in [1.29, 1.82) is 0 Å². The average molecular weight is 1110 g/mol. The van der Waals surface area contributed by atoms with E-state index >= 15 is 0 Å². The normalized spacial score (nSPS) is 14.3. The smallest absolute Gasteiger partial charge is 0.297 e. The Balaban J connectivity index is 1.08. The van der Waals surface area contributed by atoms with Crippen LogP contribution in [0.5, 0.6) is 0 Å². The first kappa shape index (κ1) is 53.1. The van der Waals surface area contributed by atoms with Gasteiger partial charge in [-0.1, -0.05) is 57.0 Å². The molecule has 8 bridgehead atoms. The molecule has 1 aliphatic heterocycles. The van der Waals surface area contributed by atoms with E-state index in [4.69, 9.17) is 29.3 Å². The van der Waals surface area contributed by atoms with Gasteiger partial charge in [0.05, 0.1) is 22.8 Å². The molecule has 6 aromatic heterocycles. The third kappa shape index (κ3) is 15.7. The number of aromatic nitrogens is 2. The minimum Gasteiger partial charge on any atom is -0.297 e. The number of benzene rings is 2. The SMILES string of the molecule is Cc1cc2cc(c1)NC(=O)ON=C(/C=C/c1cccs1)c1cccc(n1)C(/C=C/c1cccs1)=NOC(=O)Nc1cc(C)cc(c1)NC(=O)ON=C(/C=C/c1cccs1)c1cccc(n1)C(/C=C/c1cccs1)=NOC(=O)N2. The lowest BCUT2D eigenvalue weighted by Crippen LogP contribution is -2.16. The van der Waals surface area contributed by atoms with E-state index in [9.17, 15) is 19.2 Å². The average Bonchev–Trinajstić information content (AvgIpc) is 4.31. The lowest BCUT2D eigenvalue weighted by atomic mass is 10.1. The van der Waals surface area contributed by atoms with Gasteiger partial charge in [-0.05, 0) is 180 Å². The van der Waals surface area contributed by atoms with Gasteiger partial charge >= 0.3 is 24.4 Å². The van der Waals surface area contributed by atoms with E-state index in [0.717, 1.165) is 19.5 Å². The molecule has 7 heterocycles. The van der Waals surface area contributed by atoms with Gasteiger partial charge in [-0.2, -0.15) is 0 Å². The van der Waals surface area contributed by atoms with Gasteiger partial charge in [-0.15, -0.1) is 45.3 Å². The van der Waals surface area contributed by atoms with Crippen LogP contribution >= 0.6 is 45.3 Å². The van der Waals surface area contributed by atoms with Gasteiger partial charge in [-0.3, -0.25) is 40.6 Å². The first-order valence-corrected chi connectivity index (χ1v) is 26.8. The van der Waals surface area contributed by atoms with Gasteiger partial charge in [-0.25, -0.2) is 29.1 Å². The molecular formula is C56H42N10O8S4. The van der Waals surface area contributed by atoms with E-state index in [0.29, 0.717) is 11.1 Å². The highest BCUT2D eigenvalue weighted by molar-refractivity contribution is 7.11. The second-order valence-electron chi connectivity index (χ2n) is 16.3. The number of nitrogens with zero attached hydrogens (tertiary/aromatic N) is 6. The van der Waals surface area contributed by atoms with Crippen molar-refractivity contribution in [2.45, 2.75) is 13.8 Å². The summed E-state index contributed by atoms with van der Waals surface area (Å²) < 4.78 is 0. The third-order valence-corrected chi connectivity index (χ3v) is 13.7. The second-order valence-corrected chi connectivity index (χ2v) is 20.2. The Morgan fingerprint density at radius 3 is 0.833 bits per heavy atom. The first-order chi connectivity index (χ1) is 38.0. The summed E-state index contributed by atoms with van der Waals surface area (Å²) >= 11 is 5.94. The molecule has 9 rings (SSSR count). The van der Waals surface area contributed by atoms with E-state index in [1.807, 2.05) is 70.1 Å². The molecule has 18 nitrogen and oxygen atoms in total. The number of aryl methyl sites for hydroxylation is 2. The van der Waals surface area contributed by atoms with Crippen molar-refractivity contribution in [1.82, 2.24) is 9.97 Å². The van der Waals surface area contributed by atoms with Crippen LogP contribution in [0.15, 0.2) is 188 Å². The summed E-state index contributed by atoms with van der Waals surface area (Å²) in [5.41, 5.74) is 4.05. The van der Waals surface area contributed by atoms with Crippen LogP contribution in [-0.4, -0.2) is 57.2 Å². The number of rotatable bonds is 8. The highest BCUT2D eigenvalue weighted by atomic mass is 32.1. The quantitative estimate of drug-likeness (QED) is 0.105. The van der Waals surface area contributed by atoms with Crippen molar-refractivity contribution in [3.63, 3.8) is 0 Å². The van der Waals surface area contributed by atoms with Crippen LogP contribution in [-0.2, 0) is 19.4 Å². The second kappa shape index (κ2) is 26.2. The molecule has 0 atom stereocenters. The topological polar surface area (TPSA) is 229 Å². The van der Waals surface area contributed by atoms with E-state index in [1.165, 1.54) is 57.5 Å². The molecule has 0 aliphatic carbocycles. The van der Waals surface area contributed by atoms with Crippen molar-refractivity contribution < 1.29 is 38.5 Å². The largest absolute Gasteiger partial charge is 0.437 e. The molecule has 4 amide bonds. The Labute approximate surface area is 461 Å². The van der Waals surface area contributed by atoms with Gasteiger partial charge in [0, 0.05) is 42.3 Å². The molecule has 8 aromatic rings. The summed E-state index contributed by atoms with van der Waals surface area (Å²) in [5.74, 6) is 0. The zero-order valence-electron chi connectivity index (χ0n) is 41.1. The Bertz CT molecular complexity index is 3230. The standard InChI is InChI=1S/C56H42N10O8S4/c1-35-29-37-33-38(30-35)58-54(68)72-64-50(22-18-42-10-6-26-76-42)46-14-4-16-48(62-46)52(24-20-44-12-8-28-78-44)66-74-56(70)60-40-32-36(2)31-39(34-40)59-55(69)73-65-51(23-19-43-11-7-27-77-43)47-15-3-13-45(61-47)49(63-71-53(67)57-37)21-17-41-9-5-25-75-41/h3-34H,1-2H3,(H,57,67)(H,58,68)(H,59,69)(H,60,70)/b21-17+,22-18+,23-19+,24-20+,63-49?,64-50?,65-51?,66-52?. The van der Waals surface area contributed by atoms with Crippen LogP contribution < -0.4 is 21.3 Å². The molecule has 0 fully saturated rings. The van der Waals surface area contributed by atoms with E-state index in [-0.39, 0.29) is 68.4 Å². The molecule has 0 saturated heterocycles. The lowest BCUT2D eigenvalue weighted by Gasteiger charge is -2.10. The van der Waals surface area contributed by atoms with Crippen molar-refractivity contribution in [2.75, 3.05) is 21.3 Å². The molecule has 1 aliphatic rings. The number of nitrogens with one attached hydrogen (secondary N) is 4. The third-order valence-electron chi connectivity index (χ3n) is 10.4. The summed E-state index contributed by atoms with van der Waals surface area (Å²) in [7, 11) is 0. The minimum absolute atomic E-state index is 0.152.